The molecule has 0 aliphatic rings. The van der Waals surface area contributed by atoms with Crippen LogP contribution in [-0.4, -0.2) is 6.04 Å². The van der Waals surface area contributed by atoms with Crippen molar-refractivity contribution in [1.29, 1.82) is 0 Å². The minimum atomic E-state index is 0.432. The van der Waals surface area contributed by atoms with E-state index in [1.54, 1.807) is 0 Å². The SMILES string of the molecule is CC(C)Nc1ccc(N=Nc2ccccc2)cc1. The van der Waals surface area contributed by atoms with Crippen molar-refractivity contribution in [3.63, 3.8) is 0 Å². The van der Waals surface area contributed by atoms with Crippen LogP contribution in [0.25, 0.3) is 0 Å². The molecule has 92 valence electrons. The zero-order valence-electron chi connectivity index (χ0n) is 10.7. The Bertz CT molecular complexity index is 501. The fourth-order valence-electron chi connectivity index (χ4n) is 1.57. The number of nitrogens with one attached hydrogen (secondary N) is 1. The molecule has 2 rings (SSSR count). The molecule has 0 saturated carbocycles. The fraction of sp³-hybridized carbons (Fsp3) is 0.200. The molecule has 0 bridgehead atoms. The lowest BCUT2D eigenvalue weighted by Crippen LogP contribution is -2.08. The Morgan fingerprint density at radius 2 is 1.33 bits per heavy atom. The van der Waals surface area contributed by atoms with Gasteiger partial charge in [-0.2, -0.15) is 10.2 Å². The van der Waals surface area contributed by atoms with Crippen LogP contribution in [0.1, 0.15) is 13.8 Å². The maximum Gasteiger partial charge on any atom is 0.0858 e. The average molecular weight is 239 g/mol. The summed E-state index contributed by atoms with van der Waals surface area (Å²) >= 11 is 0. The van der Waals surface area contributed by atoms with E-state index in [9.17, 15) is 0 Å². The molecular weight excluding hydrogens is 222 g/mol. The number of azo groups is 1. The topological polar surface area (TPSA) is 36.8 Å². The second-order valence-electron chi connectivity index (χ2n) is 4.38. The van der Waals surface area contributed by atoms with Gasteiger partial charge in [0.1, 0.15) is 0 Å². The molecule has 0 aliphatic heterocycles. The molecule has 0 aliphatic carbocycles. The molecule has 0 spiro atoms. The highest BCUT2D eigenvalue weighted by Gasteiger charge is 1.95. The number of nitrogens with zero attached hydrogens (tertiary/aromatic N) is 2. The third-order valence-corrected chi connectivity index (χ3v) is 2.36. The summed E-state index contributed by atoms with van der Waals surface area (Å²) in [5.41, 5.74) is 2.82. The predicted octanol–water partition coefficient (Wildman–Crippen LogP) is 4.92. The molecule has 0 radical (unpaired) electrons. The average Bonchev–Trinajstić information content (AvgIpc) is 2.38. The molecule has 2 aromatic carbocycles. The summed E-state index contributed by atoms with van der Waals surface area (Å²) in [7, 11) is 0. The summed E-state index contributed by atoms with van der Waals surface area (Å²) in [6.07, 6.45) is 0. The number of anilines is 1. The molecular formula is C15H17N3. The van der Waals surface area contributed by atoms with Crippen LogP contribution in [0.5, 0.6) is 0 Å². The lowest BCUT2D eigenvalue weighted by atomic mass is 10.2. The molecule has 18 heavy (non-hydrogen) atoms. The van der Waals surface area contributed by atoms with Crippen LogP contribution in [0.15, 0.2) is 64.8 Å². The molecule has 0 saturated heterocycles. The van der Waals surface area contributed by atoms with E-state index in [-0.39, 0.29) is 0 Å². The Kier molecular flexibility index (Phi) is 4.07. The summed E-state index contributed by atoms with van der Waals surface area (Å²) in [6.45, 7) is 4.23. The van der Waals surface area contributed by atoms with Gasteiger partial charge in [-0.25, -0.2) is 0 Å². The van der Waals surface area contributed by atoms with Gasteiger partial charge in [-0.3, -0.25) is 0 Å². The lowest BCUT2D eigenvalue weighted by Gasteiger charge is -2.09. The zero-order valence-corrected chi connectivity index (χ0v) is 10.7. The molecule has 0 fully saturated rings. The monoisotopic (exact) mass is 239 g/mol. The van der Waals surface area contributed by atoms with Crippen LogP contribution < -0.4 is 5.32 Å². The van der Waals surface area contributed by atoms with E-state index >= 15 is 0 Å². The van der Waals surface area contributed by atoms with Crippen LogP contribution in [0.3, 0.4) is 0 Å². The standard InChI is InChI=1S/C15H17N3/c1-12(2)16-13-8-10-15(11-9-13)18-17-14-6-4-3-5-7-14/h3-12,16H,1-2H3. The Balaban J connectivity index is 2.04. The van der Waals surface area contributed by atoms with Gasteiger partial charge in [0.15, 0.2) is 0 Å². The first-order chi connectivity index (χ1) is 8.74. The first kappa shape index (κ1) is 12.3. The largest absolute Gasteiger partial charge is 0.383 e. The van der Waals surface area contributed by atoms with Crippen molar-refractivity contribution >= 4 is 17.1 Å². The van der Waals surface area contributed by atoms with Gasteiger partial charge in [0.05, 0.1) is 11.4 Å². The smallest absolute Gasteiger partial charge is 0.0858 e. The normalized spacial score (nSPS) is 11.1. The van der Waals surface area contributed by atoms with Gasteiger partial charge in [0, 0.05) is 11.7 Å². The summed E-state index contributed by atoms with van der Waals surface area (Å²) < 4.78 is 0. The van der Waals surface area contributed by atoms with Crippen LogP contribution in [-0.2, 0) is 0 Å². The number of hydrogen-bond donors (Lipinski definition) is 1. The molecule has 1 N–H and O–H groups in total. The van der Waals surface area contributed by atoms with E-state index < -0.39 is 0 Å². The Hall–Kier alpha value is -2.16. The fourth-order valence-corrected chi connectivity index (χ4v) is 1.57. The summed E-state index contributed by atoms with van der Waals surface area (Å²) in [6, 6.07) is 18.1. The number of benzene rings is 2. The highest BCUT2D eigenvalue weighted by molar-refractivity contribution is 5.51. The van der Waals surface area contributed by atoms with Crippen molar-refractivity contribution in [2.45, 2.75) is 19.9 Å². The Morgan fingerprint density at radius 1 is 0.778 bits per heavy atom. The predicted molar refractivity (Wildman–Crippen MR) is 75.8 cm³/mol. The van der Waals surface area contributed by atoms with Gasteiger partial charge in [-0.05, 0) is 50.2 Å². The van der Waals surface area contributed by atoms with Gasteiger partial charge in [-0.1, -0.05) is 18.2 Å². The first-order valence-corrected chi connectivity index (χ1v) is 6.07. The molecule has 3 heteroatoms. The third kappa shape index (κ3) is 3.70. The second kappa shape index (κ2) is 5.96. The second-order valence-corrected chi connectivity index (χ2v) is 4.38. The maximum absolute atomic E-state index is 4.19. The summed E-state index contributed by atoms with van der Waals surface area (Å²) in [5.74, 6) is 0. The number of rotatable bonds is 4. The van der Waals surface area contributed by atoms with Crippen LogP contribution in [0, 0.1) is 0 Å². The van der Waals surface area contributed by atoms with Crippen molar-refractivity contribution in [2.24, 2.45) is 10.2 Å². The van der Waals surface area contributed by atoms with Gasteiger partial charge >= 0.3 is 0 Å². The van der Waals surface area contributed by atoms with Crippen molar-refractivity contribution in [2.75, 3.05) is 5.32 Å². The maximum atomic E-state index is 4.19. The zero-order chi connectivity index (χ0) is 12.8. The van der Waals surface area contributed by atoms with E-state index in [1.165, 1.54) is 0 Å². The van der Waals surface area contributed by atoms with E-state index in [0.717, 1.165) is 17.1 Å². The van der Waals surface area contributed by atoms with Crippen molar-refractivity contribution < 1.29 is 0 Å². The highest BCUT2D eigenvalue weighted by atomic mass is 15.1. The number of hydrogen-bond acceptors (Lipinski definition) is 3. The molecule has 0 atom stereocenters. The van der Waals surface area contributed by atoms with Gasteiger partial charge < -0.3 is 5.32 Å². The Morgan fingerprint density at radius 3 is 1.89 bits per heavy atom. The van der Waals surface area contributed by atoms with Crippen LogP contribution >= 0.6 is 0 Å². The molecule has 3 nitrogen and oxygen atoms in total. The van der Waals surface area contributed by atoms with Crippen molar-refractivity contribution in [3.05, 3.63) is 54.6 Å². The van der Waals surface area contributed by atoms with E-state index in [1.807, 2.05) is 54.6 Å². The van der Waals surface area contributed by atoms with Gasteiger partial charge in [0.25, 0.3) is 0 Å². The summed E-state index contributed by atoms with van der Waals surface area (Å²) in [4.78, 5) is 0. The molecule has 0 amide bonds. The van der Waals surface area contributed by atoms with Crippen LogP contribution in [0.2, 0.25) is 0 Å². The lowest BCUT2D eigenvalue weighted by molar-refractivity contribution is 0.900. The minimum absolute atomic E-state index is 0.432. The molecule has 0 aromatic heterocycles. The Labute approximate surface area is 108 Å². The van der Waals surface area contributed by atoms with Crippen LogP contribution in [0.4, 0.5) is 17.1 Å². The molecule has 0 heterocycles. The van der Waals surface area contributed by atoms with Crippen molar-refractivity contribution in [3.8, 4) is 0 Å². The summed E-state index contributed by atoms with van der Waals surface area (Å²) in [5, 5.41) is 11.7. The van der Waals surface area contributed by atoms with E-state index in [2.05, 4.69) is 29.4 Å². The third-order valence-electron chi connectivity index (χ3n) is 2.36. The molecule has 0 unspecified atom stereocenters. The highest BCUT2D eigenvalue weighted by Crippen LogP contribution is 2.20. The first-order valence-electron chi connectivity index (χ1n) is 6.07. The minimum Gasteiger partial charge on any atom is -0.383 e. The quantitative estimate of drug-likeness (QED) is 0.755. The van der Waals surface area contributed by atoms with Gasteiger partial charge in [0.2, 0.25) is 0 Å². The van der Waals surface area contributed by atoms with E-state index in [4.69, 9.17) is 0 Å². The van der Waals surface area contributed by atoms with Crippen molar-refractivity contribution in [1.82, 2.24) is 0 Å². The van der Waals surface area contributed by atoms with Gasteiger partial charge in [-0.15, -0.1) is 0 Å². The van der Waals surface area contributed by atoms with E-state index in [0.29, 0.717) is 6.04 Å². The molecule has 2 aromatic rings.